The van der Waals surface area contributed by atoms with Crippen LogP contribution in [0.4, 0.5) is 22.0 Å². The number of pyridine rings is 1. The van der Waals surface area contributed by atoms with Gasteiger partial charge in [-0.2, -0.15) is 13.2 Å². The highest BCUT2D eigenvalue weighted by molar-refractivity contribution is 5.82. The van der Waals surface area contributed by atoms with E-state index >= 15 is 4.39 Å². The fraction of sp³-hybridized carbons (Fsp3) is 0.462. The Morgan fingerprint density at radius 1 is 1.06 bits per heavy atom. The van der Waals surface area contributed by atoms with Gasteiger partial charge in [0, 0.05) is 30.9 Å². The minimum atomic E-state index is -4.81. The summed E-state index contributed by atoms with van der Waals surface area (Å²) in [7, 11) is 0. The van der Waals surface area contributed by atoms with Crippen molar-refractivity contribution in [3.05, 3.63) is 91.9 Å². The average Bonchev–Trinajstić information content (AvgIpc) is 3.67. The first-order valence-corrected chi connectivity index (χ1v) is 17.1. The minimum absolute atomic E-state index is 0.00204. The normalized spacial score (nSPS) is 16.6. The van der Waals surface area contributed by atoms with E-state index < -0.39 is 59.3 Å². The van der Waals surface area contributed by atoms with Crippen molar-refractivity contribution in [2.75, 3.05) is 19.6 Å². The SMILES string of the molecule is C#Cc1cc(-c2c(C)cc(F)cc2C)cc([C@@H](CC(=O)O)NC(=O)[C@@H](CC(C)C)n2cc(CCN3CCC4(CC4)C3)c(C(F)(F)F)cc2=O)c1F. The molecule has 1 aromatic heterocycles. The number of aliphatic carboxylic acids is 1. The van der Waals surface area contributed by atoms with Gasteiger partial charge in [-0.25, -0.2) is 8.78 Å². The van der Waals surface area contributed by atoms with Gasteiger partial charge in [0.05, 0.1) is 23.6 Å². The Labute approximate surface area is 293 Å². The number of carboxylic acid groups (broad SMARTS) is 1. The maximum atomic E-state index is 15.9. The van der Waals surface area contributed by atoms with Crippen LogP contribution in [0, 0.1) is 49.2 Å². The van der Waals surface area contributed by atoms with Crippen LogP contribution in [-0.4, -0.2) is 46.1 Å². The molecule has 2 N–H and O–H groups in total. The van der Waals surface area contributed by atoms with Gasteiger partial charge in [-0.1, -0.05) is 19.8 Å². The van der Waals surface area contributed by atoms with Crippen molar-refractivity contribution in [1.82, 2.24) is 14.8 Å². The summed E-state index contributed by atoms with van der Waals surface area (Å²) in [5, 5.41) is 12.4. The monoisotopic (exact) mass is 711 g/mol. The van der Waals surface area contributed by atoms with Crippen molar-refractivity contribution < 1.29 is 36.6 Å². The summed E-state index contributed by atoms with van der Waals surface area (Å²) in [6.07, 6.45) is 4.36. The number of carbonyl (C=O) groups excluding carboxylic acids is 1. The van der Waals surface area contributed by atoms with Crippen molar-refractivity contribution >= 4 is 11.9 Å². The van der Waals surface area contributed by atoms with E-state index in [9.17, 15) is 37.1 Å². The summed E-state index contributed by atoms with van der Waals surface area (Å²) in [4.78, 5) is 41.7. The van der Waals surface area contributed by atoms with Gasteiger partial charge in [-0.3, -0.25) is 14.4 Å². The molecule has 0 radical (unpaired) electrons. The third kappa shape index (κ3) is 8.52. The van der Waals surface area contributed by atoms with Gasteiger partial charge in [0.15, 0.2) is 0 Å². The smallest absolute Gasteiger partial charge is 0.416 e. The van der Waals surface area contributed by atoms with Gasteiger partial charge < -0.3 is 19.9 Å². The summed E-state index contributed by atoms with van der Waals surface area (Å²) in [5.41, 5.74) is -0.515. The molecule has 2 aliphatic rings. The van der Waals surface area contributed by atoms with Gasteiger partial charge in [0.25, 0.3) is 5.56 Å². The molecule has 1 amide bonds. The number of halogens is 5. The van der Waals surface area contributed by atoms with E-state index in [4.69, 9.17) is 6.42 Å². The number of benzene rings is 2. The summed E-state index contributed by atoms with van der Waals surface area (Å²) >= 11 is 0. The maximum Gasteiger partial charge on any atom is 0.416 e. The lowest BCUT2D eigenvalue weighted by Crippen LogP contribution is -2.41. The van der Waals surface area contributed by atoms with Crippen molar-refractivity contribution in [2.45, 2.75) is 84.5 Å². The molecule has 0 bridgehead atoms. The average molecular weight is 712 g/mol. The van der Waals surface area contributed by atoms with Crippen molar-refractivity contribution in [2.24, 2.45) is 11.3 Å². The largest absolute Gasteiger partial charge is 0.481 e. The molecule has 1 saturated heterocycles. The first-order chi connectivity index (χ1) is 23.9. The number of carboxylic acids is 1. The number of hydrogen-bond donors (Lipinski definition) is 2. The fourth-order valence-electron chi connectivity index (χ4n) is 7.37. The molecule has 272 valence electrons. The number of terminal acetylenes is 1. The van der Waals surface area contributed by atoms with Crippen molar-refractivity contribution in [1.29, 1.82) is 0 Å². The number of aryl methyl sites for hydroxylation is 2. The van der Waals surface area contributed by atoms with Crippen LogP contribution in [0.15, 0.2) is 41.3 Å². The molecule has 5 rings (SSSR count). The Bertz CT molecular complexity index is 1920. The Morgan fingerprint density at radius 3 is 2.27 bits per heavy atom. The summed E-state index contributed by atoms with van der Waals surface area (Å²) in [6, 6.07) is 2.97. The Hall–Kier alpha value is -4.50. The summed E-state index contributed by atoms with van der Waals surface area (Å²) in [5.74, 6) is -1.67. The van der Waals surface area contributed by atoms with Gasteiger partial charge in [0.1, 0.15) is 17.7 Å². The van der Waals surface area contributed by atoms with Crippen LogP contribution >= 0.6 is 0 Å². The van der Waals surface area contributed by atoms with Crippen LogP contribution in [0.2, 0.25) is 0 Å². The molecule has 2 aromatic carbocycles. The zero-order valence-electron chi connectivity index (χ0n) is 29.1. The van der Waals surface area contributed by atoms with E-state index in [1.54, 1.807) is 27.7 Å². The van der Waals surface area contributed by atoms with E-state index in [0.29, 0.717) is 34.9 Å². The molecule has 1 aliphatic carbocycles. The Morgan fingerprint density at radius 2 is 1.73 bits per heavy atom. The quantitative estimate of drug-likeness (QED) is 0.151. The lowest BCUT2D eigenvalue weighted by Gasteiger charge is -2.27. The van der Waals surface area contributed by atoms with E-state index in [-0.39, 0.29) is 40.9 Å². The molecule has 1 spiro atoms. The predicted molar refractivity (Wildman–Crippen MR) is 183 cm³/mol. The van der Waals surface area contributed by atoms with Crippen LogP contribution in [0.5, 0.6) is 0 Å². The molecule has 2 fully saturated rings. The van der Waals surface area contributed by atoms with Crippen molar-refractivity contribution in [3.63, 3.8) is 0 Å². The Balaban J connectivity index is 1.53. The second-order valence-corrected chi connectivity index (χ2v) is 14.5. The number of aromatic nitrogens is 1. The highest BCUT2D eigenvalue weighted by Crippen LogP contribution is 2.52. The molecule has 1 saturated carbocycles. The van der Waals surface area contributed by atoms with Gasteiger partial charge >= 0.3 is 12.1 Å². The topological polar surface area (TPSA) is 91.6 Å². The standard InChI is InChI=1S/C39H42F5N3O4/c1-6-25-16-27(35-23(4)14-28(40)15-24(35)5)17-29(36(25)41)31(19-34(49)50)45-37(51)32(13-22(2)3)47-20-26(30(18-33(47)48)39(42,43)44)7-11-46-12-10-38(21-46)8-9-38/h1,14-18,20,22,31-32H,7-13,19,21H2,2-5H3,(H,45,51)(H,49,50)/t31-,32-/m1/s1. The highest BCUT2D eigenvalue weighted by Gasteiger charge is 2.47. The molecule has 2 atom stereocenters. The number of carbonyl (C=O) groups is 2. The number of alkyl halides is 3. The zero-order valence-corrected chi connectivity index (χ0v) is 29.1. The van der Waals surface area contributed by atoms with E-state index in [1.165, 1.54) is 24.3 Å². The van der Waals surface area contributed by atoms with E-state index in [2.05, 4.69) is 16.1 Å². The molecule has 2 heterocycles. The van der Waals surface area contributed by atoms with Crippen LogP contribution in [0.3, 0.4) is 0 Å². The molecule has 51 heavy (non-hydrogen) atoms. The number of amides is 1. The summed E-state index contributed by atoms with van der Waals surface area (Å²) in [6.45, 7) is 8.79. The van der Waals surface area contributed by atoms with Crippen LogP contribution in [0.25, 0.3) is 11.1 Å². The minimum Gasteiger partial charge on any atom is -0.481 e. The lowest BCUT2D eigenvalue weighted by atomic mass is 9.90. The van der Waals surface area contributed by atoms with Crippen LogP contribution in [-0.2, 0) is 22.2 Å². The third-order valence-corrected chi connectivity index (χ3v) is 10.1. The highest BCUT2D eigenvalue weighted by atomic mass is 19.4. The molecule has 7 nitrogen and oxygen atoms in total. The Kier molecular flexibility index (Phi) is 10.8. The molecular formula is C39H42F5N3O4. The van der Waals surface area contributed by atoms with E-state index in [1.807, 2.05) is 0 Å². The van der Waals surface area contributed by atoms with Gasteiger partial charge in [0.2, 0.25) is 5.91 Å². The molecule has 0 unspecified atom stereocenters. The van der Waals surface area contributed by atoms with Gasteiger partial charge in [-0.15, -0.1) is 6.42 Å². The lowest BCUT2D eigenvalue weighted by molar-refractivity contribution is -0.139. The first-order valence-electron chi connectivity index (χ1n) is 17.1. The predicted octanol–water partition coefficient (Wildman–Crippen LogP) is 7.36. The van der Waals surface area contributed by atoms with Crippen LogP contribution < -0.4 is 10.9 Å². The van der Waals surface area contributed by atoms with Crippen molar-refractivity contribution in [3.8, 4) is 23.5 Å². The summed E-state index contributed by atoms with van der Waals surface area (Å²) < 4.78 is 73.6. The molecule has 1 aliphatic heterocycles. The molecule has 12 heteroatoms. The number of nitrogens with one attached hydrogen (secondary N) is 1. The molecule has 3 aromatic rings. The number of rotatable bonds is 12. The fourth-order valence-corrected chi connectivity index (χ4v) is 7.37. The second kappa shape index (κ2) is 14.6. The maximum absolute atomic E-state index is 15.9. The van der Waals surface area contributed by atoms with Gasteiger partial charge in [-0.05, 0) is 116 Å². The first kappa shape index (κ1) is 37.7. The molecular weight excluding hydrogens is 669 g/mol. The number of likely N-dealkylation sites (tertiary alicyclic amines) is 1. The number of hydrogen-bond acceptors (Lipinski definition) is 4. The number of nitrogens with zero attached hydrogens (tertiary/aromatic N) is 2. The van der Waals surface area contributed by atoms with Crippen LogP contribution in [0.1, 0.15) is 91.4 Å². The van der Waals surface area contributed by atoms with E-state index in [0.717, 1.165) is 43.1 Å². The zero-order chi connectivity index (χ0) is 37.4. The third-order valence-electron chi connectivity index (χ3n) is 10.1. The second-order valence-electron chi connectivity index (χ2n) is 14.5.